The lowest BCUT2D eigenvalue weighted by Gasteiger charge is -2.10. The lowest BCUT2D eigenvalue weighted by molar-refractivity contribution is 0.277. The first kappa shape index (κ1) is 11.2. The zero-order chi connectivity index (χ0) is 10.4. The van der Waals surface area contributed by atoms with Gasteiger partial charge in [0, 0.05) is 20.3 Å². The molecule has 0 aliphatic heterocycles. The van der Waals surface area contributed by atoms with E-state index in [-0.39, 0.29) is 0 Å². The van der Waals surface area contributed by atoms with Crippen LogP contribution in [0.25, 0.3) is 6.08 Å². The first-order chi connectivity index (χ1) is 6.81. The zero-order valence-corrected chi connectivity index (χ0v) is 9.62. The summed E-state index contributed by atoms with van der Waals surface area (Å²) in [4.78, 5) is 0. The standard InChI is InChI=1S/C11H15O2Si/c1-4-10-7-5-6-8-11(10)9-14(12-2)13-3/h4-8H,1,9H2,2-3H3. The van der Waals surface area contributed by atoms with Gasteiger partial charge in [0.1, 0.15) is 0 Å². The molecule has 75 valence electrons. The van der Waals surface area contributed by atoms with Gasteiger partial charge in [0.25, 0.3) is 0 Å². The van der Waals surface area contributed by atoms with Gasteiger partial charge >= 0.3 is 9.28 Å². The fourth-order valence-corrected chi connectivity index (χ4v) is 2.37. The summed E-state index contributed by atoms with van der Waals surface area (Å²) in [7, 11) is 2.22. The van der Waals surface area contributed by atoms with Crippen molar-refractivity contribution in [2.24, 2.45) is 0 Å². The average Bonchev–Trinajstić information content (AvgIpc) is 2.26. The highest BCUT2D eigenvalue weighted by atomic mass is 28.3. The van der Waals surface area contributed by atoms with E-state index in [1.807, 2.05) is 24.3 Å². The van der Waals surface area contributed by atoms with Crippen LogP contribution in [0.2, 0.25) is 0 Å². The van der Waals surface area contributed by atoms with Gasteiger partial charge in [-0.25, -0.2) is 0 Å². The van der Waals surface area contributed by atoms with Crippen molar-refractivity contribution in [2.45, 2.75) is 6.04 Å². The minimum Gasteiger partial charge on any atom is -0.397 e. The van der Waals surface area contributed by atoms with Crippen molar-refractivity contribution >= 4 is 15.4 Å². The smallest absolute Gasteiger partial charge is 0.388 e. The largest absolute Gasteiger partial charge is 0.397 e. The first-order valence-corrected chi connectivity index (χ1v) is 5.98. The van der Waals surface area contributed by atoms with Crippen molar-refractivity contribution in [3.05, 3.63) is 42.0 Å². The number of rotatable bonds is 5. The van der Waals surface area contributed by atoms with Gasteiger partial charge in [-0.1, -0.05) is 36.9 Å². The van der Waals surface area contributed by atoms with Crippen LogP contribution < -0.4 is 0 Å². The summed E-state index contributed by atoms with van der Waals surface area (Å²) < 4.78 is 10.5. The Kier molecular flexibility index (Phi) is 4.59. The summed E-state index contributed by atoms with van der Waals surface area (Å²) in [5.41, 5.74) is 2.39. The molecule has 1 aromatic rings. The SMILES string of the molecule is C=Cc1ccccc1C[Si](OC)OC. The van der Waals surface area contributed by atoms with E-state index in [4.69, 9.17) is 8.85 Å². The van der Waals surface area contributed by atoms with E-state index in [1.165, 1.54) is 5.56 Å². The molecule has 1 aromatic carbocycles. The first-order valence-electron chi connectivity index (χ1n) is 4.46. The molecule has 0 unspecified atom stereocenters. The van der Waals surface area contributed by atoms with Gasteiger partial charge in [0.15, 0.2) is 0 Å². The third-order valence-electron chi connectivity index (χ3n) is 2.07. The molecule has 1 rings (SSSR count). The number of hydrogen-bond acceptors (Lipinski definition) is 2. The molecule has 0 atom stereocenters. The fourth-order valence-electron chi connectivity index (χ4n) is 1.28. The second kappa shape index (κ2) is 5.75. The molecule has 0 N–H and O–H groups in total. The topological polar surface area (TPSA) is 18.5 Å². The minimum absolute atomic E-state index is 0.847. The Morgan fingerprint density at radius 3 is 2.50 bits per heavy atom. The molecule has 0 aromatic heterocycles. The van der Waals surface area contributed by atoms with E-state index in [9.17, 15) is 0 Å². The van der Waals surface area contributed by atoms with Crippen molar-refractivity contribution in [3.63, 3.8) is 0 Å². The van der Waals surface area contributed by atoms with Gasteiger partial charge in [-0.05, 0) is 11.1 Å². The van der Waals surface area contributed by atoms with Crippen molar-refractivity contribution in [3.8, 4) is 0 Å². The van der Waals surface area contributed by atoms with E-state index in [0.717, 1.165) is 11.6 Å². The Morgan fingerprint density at radius 1 is 1.29 bits per heavy atom. The molecule has 0 saturated heterocycles. The Bertz CT molecular complexity index is 295. The normalized spacial score (nSPS) is 10.5. The Balaban J connectivity index is 2.79. The van der Waals surface area contributed by atoms with E-state index >= 15 is 0 Å². The third-order valence-corrected chi connectivity index (χ3v) is 3.65. The van der Waals surface area contributed by atoms with Gasteiger partial charge in [-0.15, -0.1) is 0 Å². The second-order valence-electron chi connectivity index (χ2n) is 2.86. The van der Waals surface area contributed by atoms with E-state index in [1.54, 1.807) is 14.2 Å². The predicted molar refractivity (Wildman–Crippen MR) is 60.0 cm³/mol. The molecule has 0 heterocycles. The van der Waals surface area contributed by atoms with Crippen LogP contribution in [-0.4, -0.2) is 23.5 Å². The molecule has 2 nitrogen and oxygen atoms in total. The van der Waals surface area contributed by atoms with E-state index < -0.39 is 9.28 Å². The quantitative estimate of drug-likeness (QED) is 0.689. The van der Waals surface area contributed by atoms with Crippen LogP contribution in [0.4, 0.5) is 0 Å². The maximum absolute atomic E-state index is 5.25. The molecule has 0 saturated carbocycles. The molecule has 0 spiro atoms. The van der Waals surface area contributed by atoms with Crippen LogP contribution in [0.5, 0.6) is 0 Å². The maximum Gasteiger partial charge on any atom is 0.388 e. The molecule has 0 fully saturated rings. The summed E-state index contributed by atoms with van der Waals surface area (Å²) in [6, 6.07) is 9.01. The van der Waals surface area contributed by atoms with Crippen molar-refractivity contribution < 1.29 is 8.85 Å². The molecular weight excluding hydrogens is 192 g/mol. The van der Waals surface area contributed by atoms with Gasteiger partial charge in [-0.3, -0.25) is 0 Å². The molecule has 0 aliphatic carbocycles. The molecule has 3 heteroatoms. The van der Waals surface area contributed by atoms with Crippen molar-refractivity contribution in [2.75, 3.05) is 14.2 Å². The number of hydrogen-bond donors (Lipinski definition) is 0. The summed E-state index contributed by atoms with van der Waals surface area (Å²) in [6.07, 6.45) is 1.86. The monoisotopic (exact) mass is 207 g/mol. The molecule has 0 bridgehead atoms. The van der Waals surface area contributed by atoms with Crippen LogP contribution in [0.15, 0.2) is 30.8 Å². The minimum atomic E-state index is -1.16. The summed E-state index contributed by atoms with van der Waals surface area (Å²) in [5.74, 6) is 0. The van der Waals surface area contributed by atoms with Crippen molar-refractivity contribution in [1.29, 1.82) is 0 Å². The van der Waals surface area contributed by atoms with Crippen LogP contribution in [0.3, 0.4) is 0 Å². The summed E-state index contributed by atoms with van der Waals surface area (Å²) >= 11 is 0. The molecule has 0 amide bonds. The Hall–Kier alpha value is -0.903. The van der Waals surface area contributed by atoms with Gasteiger partial charge in [-0.2, -0.15) is 0 Å². The lowest BCUT2D eigenvalue weighted by Crippen LogP contribution is -2.23. The predicted octanol–water partition coefficient (Wildman–Crippen LogP) is 2.19. The van der Waals surface area contributed by atoms with E-state index in [0.29, 0.717) is 0 Å². The highest BCUT2D eigenvalue weighted by molar-refractivity contribution is 6.43. The highest BCUT2D eigenvalue weighted by Gasteiger charge is 2.14. The maximum atomic E-state index is 5.25. The fraction of sp³-hybridized carbons (Fsp3) is 0.273. The molecule has 0 aliphatic rings. The molecule has 1 radical (unpaired) electrons. The second-order valence-corrected chi connectivity index (χ2v) is 4.77. The van der Waals surface area contributed by atoms with Crippen LogP contribution in [0, 0.1) is 0 Å². The van der Waals surface area contributed by atoms with Gasteiger partial charge in [0.05, 0.1) is 0 Å². The van der Waals surface area contributed by atoms with Crippen LogP contribution >= 0.6 is 0 Å². The Labute approximate surface area is 87.0 Å². The average molecular weight is 207 g/mol. The lowest BCUT2D eigenvalue weighted by atomic mass is 10.1. The summed E-state index contributed by atoms with van der Waals surface area (Å²) in [5, 5.41) is 0. The van der Waals surface area contributed by atoms with Crippen LogP contribution in [0.1, 0.15) is 11.1 Å². The van der Waals surface area contributed by atoms with Gasteiger partial charge in [0.2, 0.25) is 0 Å². The number of benzene rings is 1. The van der Waals surface area contributed by atoms with Crippen molar-refractivity contribution in [1.82, 2.24) is 0 Å². The van der Waals surface area contributed by atoms with Gasteiger partial charge < -0.3 is 8.85 Å². The Morgan fingerprint density at radius 2 is 1.93 bits per heavy atom. The zero-order valence-electron chi connectivity index (χ0n) is 8.62. The van der Waals surface area contributed by atoms with Crippen LogP contribution in [-0.2, 0) is 14.9 Å². The van der Waals surface area contributed by atoms with E-state index in [2.05, 4.69) is 12.6 Å². The molecule has 14 heavy (non-hydrogen) atoms. The highest BCUT2D eigenvalue weighted by Crippen LogP contribution is 2.12. The third kappa shape index (κ3) is 2.80. The molecular formula is C11H15O2Si. The summed E-state index contributed by atoms with van der Waals surface area (Å²) in [6.45, 7) is 3.78.